The molecule has 21 heteroatoms. The van der Waals surface area contributed by atoms with Crippen LogP contribution in [0.3, 0.4) is 0 Å². The Bertz CT molecular complexity index is 916. The van der Waals surface area contributed by atoms with Crippen LogP contribution in [0.2, 0.25) is 0 Å². The average Bonchev–Trinajstić information content (AvgIpc) is 3.02. The lowest BCUT2D eigenvalue weighted by atomic mass is 9.96. The number of ether oxygens (including phenoxy) is 7. The van der Waals surface area contributed by atoms with Crippen molar-refractivity contribution in [1.82, 2.24) is 0 Å². The van der Waals surface area contributed by atoms with E-state index in [1.165, 1.54) is 0 Å². The standard InChI is InChI=1S/C24H42O21/c25-1-5-9(27)14(32)18(36)24(43-5)45-20-12(30)6(2-26)42-23(19(20)37)40-4-8-11(29)15(33)17(35)22(44-8)39-3-7-10(28)13(31)16(34)21(38)41-7/h5-38H,1-4H2/t5-,6-,7-,8-,9-,10-,11-,12-,13+,14+,15+,16-,17-,18-,19-,20+,21?,22+,23+,24-/m1/s1. The Morgan fingerprint density at radius 3 is 1.33 bits per heavy atom. The van der Waals surface area contributed by atoms with Gasteiger partial charge in [0.05, 0.1) is 26.4 Å². The van der Waals surface area contributed by atoms with Crippen molar-refractivity contribution in [1.29, 1.82) is 0 Å². The largest absolute Gasteiger partial charge is 0.394 e. The molecule has 20 atom stereocenters. The molecular weight excluding hydrogens is 624 g/mol. The monoisotopic (exact) mass is 666 g/mol. The molecule has 0 aromatic carbocycles. The SMILES string of the molecule is OC[C@H]1O[C@H](O[C@@H]2[C@@H](O)[C@@H](OC[C@H]3O[C@H](OC[C@H]4OC(O)[C@H](O)[C@@H](O)[C@@H]4O)[C@H](O)[C@@H](O)[C@@H]3O)O[C@H](CO)[C@H]2O)[C@H](O)[C@@H](O)[C@@H]1O. The third kappa shape index (κ3) is 7.75. The van der Waals surface area contributed by atoms with Crippen LogP contribution in [0.25, 0.3) is 0 Å². The van der Waals surface area contributed by atoms with E-state index in [9.17, 15) is 71.5 Å². The van der Waals surface area contributed by atoms with Gasteiger partial charge in [0.15, 0.2) is 25.2 Å². The Labute approximate surface area is 254 Å². The summed E-state index contributed by atoms with van der Waals surface area (Å²) in [7, 11) is 0. The van der Waals surface area contributed by atoms with E-state index in [-0.39, 0.29) is 0 Å². The molecule has 21 nitrogen and oxygen atoms in total. The van der Waals surface area contributed by atoms with Crippen molar-refractivity contribution in [3.05, 3.63) is 0 Å². The Morgan fingerprint density at radius 1 is 0.378 bits per heavy atom. The maximum absolute atomic E-state index is 10.9. The highest BCUT2D eigenvalue weighted by molar-refractivity contribution is 4.95. The zero-order valence-corrected chi connectivity index (χ0v) is 23.5. The number of rotatable bonds is 10. The second-order valence-corrected chi connectivity index (χ2v) is 11.2. The lowest BCUT2D eigenvalue weighted by molar-refractivity contribution is -0.366. The normalized spacial score (nSPS) is 52.9. The number of hydrogen-bond donors (Lipinski definition) is 14. The van der Waals surface area contributed by atoms with Gasteiger partial charge in [0.25, 0.3) is 0 Å². The third-order valence-corrected chi connectivity index (χ3v) is 8.17. The van der Waals surface area contributed by atoms with Crippen molar-refractivity contribution < 1.29 is 105 Å². The van der Waals surface area contributed by atoms with Gasteiger partial charge in [-0.05, 0) is 0 Å². The summed E-state index contributed by atoms with van der Waals surface area (Å²) in [4.78, 5) is 0. The number of aliphatic hydroxyl groups is 14. The molecule has 264 valence electrons. The van der Waals surface area contributed by atoms with Crippen molar-refractivity contribution in [2.45, 2.75) is 123 Å². The number of hydrogen-bond acceptors (Lipinski definition) is 21. The Balaban J connectivity index is 1.39. The summed E-state index contributed by atoms with van der Waals surface area (Å²) in [6, 6.07) is 0. The van der Waals surface area contributed by atoms with Crippen LogP contribution in [-0.4, -0.2) is 221 Å². The minimum Gasteiger partial charge on any atom is -0.394 e. The summed E-state index contributed by atoms with van der Waals surface area (Å²) in [5.41, 5.74) is 0. The van der Waals surface area contributed by atoms with Crippen LogP contribution in [0.1, 0.15) is 0 Å². The van der Waals surface area contributed by atoms with Gasteiger partial charge < -0.3 is 105 Å². The summed E-state index contributed by atoms with van der Waals surface area (Å²) in [6.07, 6.45) is -34.6. The summed E-state index contributed by atoms with van der Waals surface area (Å²) in [6.45, 7) is -2.95. The van der Waals surface area contributed by atoms with Gasteiger partial charge in [-0.3, -0.25) is 0 Å². The fourth-order valence-electron chi connectivity index (χ4n) is 5.33. The molecule has 45 heavy (non-hydrogen) atoms. The van der Waals surface area contributed by atoms with E-state index in [1.54, 1.807) is 0 Å². The smallest absolute Gasteiger partial charge is 0.187 e. The Kier molecular flexibility index (Phi) is 12.8. The van der Waals surface area contributed by atoms with E-state index in [0.717, 1.165) is 0 Å². The first-order valence-electron chi connectivity index (χ1n) is 14.1. The molecule has 4 fully saturated rings. The molecule has 14 N–H and O–H groups in total. The maximum atomic E-state index is 10.9. The molecule has 0 radical (unpaired) electrons. The summed E-state index contributed by atoms with van der Waals surface area (Å²) < 4.78 is 37.4. The molecule has 0 amide bonds. The first-order chi connectivity index (χ1) is 21.2. The van der Waals surface area contributed by atoms with E-state index in [0.29, 0.717) is 0 Å². The predicted octanol–water partition coefficient (Wildman–Crippen LogP) is -9.75. The van der Waals surface area contributed by atoms with Crippen LogP contribution in [0.5, 0.6) is 0 Å². The van der Waals surface area contributed by atoms with E-state index in [1.807, 2.05) is 0 Å². The van der Waals surface area contributed by atoms with Gasteiger partial charge in [-0.15, -0.1) is 0 Å². The van der Waals surface area contributed by atoms with Crippen LogP contribution in [0.15, 0.2) is 0 Å². The molecule has 0 bridgehead atoms. The highest BCUT2D eigenvalue weighted by atomic mass is 16.8. The van der Waals surface area contributed by atoms with Crippen LogP contribution in [0, 0.1) is 0 Å². The highest BCUT2D eigenvalue weighted by Gasteiger charge is 2.52. The van der Waals surface area contributed by atoms with Crippen molar-refractivity contribution in [2.24, 2.45) is 0 Å². The van der Waals surface area contributed by atoms with Gasteiger partial charge >= 0.3 is 0 Å². The van der Waals surface area contributed by atoms with E-state index < -0.39 is 149 Å². The van der Waals surface area contributed by atoms with Gasteiger partial charge in [-0.25, -0.2) is 0 Å². The predicted molar refractivity (Wildman–Crippen MR) is 134 cm³/mol. The first-order valence-corrected chi connectivity index (χ1v) is 14.1. The van der Waals surface area contributed by atoms with Crippen molar-refractivity contribution in [3.8, 4) is 0 Å². The highest BCUT2D eigenvalue weighted by Crippen LogP contribution is 2.31. The minimum atomic E-state index is -1.91. The fourth-order valence-corrected chi connectivity index (χ4v) is 5.33. The lowest BCUT2D eigenvalue weighted by Gasteiger charge is -2.46. The second-order valence-electron chi connectivity index (χ2n) is 11.2. The molecule has 1 unspecified atom stereocenters. The second kappa shape index (κ2) is 15.6. The maximum Gasteiger partial charge on any atom is 0.187 e. The molecule has 0 saturated carbocycles. The molecule has 0 spiro atoms. The van der Waals surface area contributed by atoms with Gasteiger partial charge in [0.1, 0.15) is 97.7 Å². The minimum absolute atomic E-state index is 0.641. The Hall–Kier alpha value is -0.840. The summed E-state index contributed by atoms with van der Waals surface area (Å²) in [5, 5.41) is 141. The van der Waals surface area contributed by atoms with Gasteiger partial charge in [-0.1, -0.05) is 0 Å². The molecule has 4 rings (SSSR count). The quantitative estimate of drug-likeness (QED) is 0.103. The molecule has 0 aliphatic carbocycles. The molecule has 0 aromatic rings. The topological polar surface area (TPSA) is 348 Å². The van der Waals surface area contributed by atoms with E-state index in [2.05, 4.69) is 0 Å². The van der Waals surface area contributed by atoms with Crippen LogP contribution >= 0.6 is 0 Å². The average molecular weight is 667 g/mol. The van der Waals surface area contributed by atoms with E-state index >= 15 is 0 Å². The van der Waals surface area contributed by atoms with E-state index in [4.69, 9.17) is 33.2 Å². The van der Waals surface area contributed by atoms with Crippen molar-refractivity contribution in [3.63, 3.8) is 0 Å². The third-order valence-electron chi connectivity index (χ3n) is 8.17. The van der Waals surface area contributed by atoms with Crippen LogP contribution < -0.4 is 0 Å². The first kappa shape index (κ1) is 37.0. The Morgan fingerprint density at radius 2 is 0.778 bits per heavy atom. The van der Waals surface area contributed by atoms with Gasteiger partial charge in [0.2, 0.25) is 0 Å². The van der Waals surface area contributed by atoms with Crippen LogP contribution in [0.4, 0.5) is 0 Å². The summed E-state index contributed by atoms with van der Waals surface area (Å²) in [5.74, 6) is 0. The molecular formula is C24H42O21. The molecule has 4 heterocycles. The lowest BCUT2D eigenvalue weighted by Crippen LogP contribution is -2.65. The van der Waals surface area contributed by atoms with Crippen LogP contribution in [-0.2, 0) is 33.2 Å². The fraction of sp³-hybridized carbons (Fsp3) is 1.00. The molecule has 4 saturated heterocycles. The molecule has 4 aliphatic rings. The van der Waals surface area contributed by atoms with Crippen molar-refractivity contribution >= 4 is 0 Å². The molecule has 4 aliphatic heterocycles. The molecule has 0 aromatic heterocycles. The van der Waals surface area contributed by atoms with Gasteiger partial charge in [0, 0.05) is 0 Å². The zero-order valence-electron chi connectivity index (χ0n) is 23.5. The van der Waals surface area contributed by atoms with Gasteiger partial charge in [-0.2, -0.15) is 0 Å². The zero-order chi connectivity index (χ0) is 33.3. The van der Waals surface area contributed by atoms with Crippen molar-refractivity contribution in [2.75, 3.05) is 26.4 Å². The summed E-state index contributed by atoms with van der Waals surface area (Å²) >= 11 is 0. The number of aliphatic hydroxyl groups excluding tert-OH is 14.